The molecule has 0 atom stereocenters. The Balaban J connectivity index is 1.88. The molecular weight excluding hydrogens is 265 g/mol. The van der Waals surface area contributed by atoms with Crippen molar-refractivity contribution in [2.45, 2.75) is 6.92 Å². The Morgan fingerprint density at radius 2 is 2.15 bits per heavy atom. The molecule has 2 rings (SSSR count). The minimum atomic E-state index is -0.755. The maximum Gasteiger partial charge on any atom is 0.374 e. The van der Waals surface area contributed by atoms with Crippen LogP contribution in [0.15, 0.2) is 41.0 Å². The highest BCUT2D eigenvalue weighted by Gasteiger charge is 2.13. The lowest BCUT2D eigenvalue weighted by atomic mass is 10.2. The molecule has 0 saturated carbocycles. The molecular formula is C14H12FNO4. The van der Waals surface area contributed by atoms with Crippen LogP contribution in [0.2, 0.25) is 0 Å². The van der Waals surface area contributed by atoms with E-state index >= 15 is 0 Å². The summed E-state index contributed by atoms with van der Waals surface area (Å²) in [6, 6.07) is 7.34. The zero-order valence-corrected chi connectivity index (χ0v) is 10.7. The smallest absolute Gasteiger partial charge is 0.374 e. The Labute approximate surface area is 114 Å². The molecule has 0 spiro atoms. The molecule has 0 aliphatic rings. The van der Waals surface area contributed by atoms with Gasteiger partial charge in [-0.2, -0.15) is 0 Å². The molecule has 0 unspecified atom stereocenters. The first-order valence-electron chi connectivity index (χ1n) is 5.83. The zero-order valence-electron chi connectivity index (χ0n) is 10.7. The highest BCUT2D eigenvalue weighted by molar-refractivity contribution is 5.94. The van der Waals surface area contributed by atoms with Crippen molar-refractivity contribution in [3.8, 4) is 0 Å². The van der Waals surface area contributed by atoms with E-state index in [1.807, 2.05) is 0 Å². The molecule has 0 saturated heterocycles. The second-order valence-corrected chi connectivity index (χ2v) is 4.08. The van der Waals surface area contributed by atoms with E-state index in [-0.39, 0.29) is 11.4 Å². The molecule has 20 heavy (non-hydrogen) atoms. The van der Waals surface area contributed by atoms with E-state index in [1.165, 1.54) is 30.5 Å². The van der Waals surface area contributed by atoms with E-state index in [2.05, 4.69) is 5.32 Å². The topological polar surface area (TPSA) is 68.5 Å². The molecule has 5 nitrogen and oxygen atoms in total. The lowest BCUT2D eigenvalue weighted by Gasteiger charge is -2.07. The summed E-state index contributed by atoms with van der Waals surface area (Å²) in [5.41, 5.74) is 0.777. The van der Waals surface area contributed by atoms with Crippen LogP contribution in [0.1, 0.15) is 16.1 Å². The molecule has 6 heteroatoms. The molecule has 1 amide bonds. The van der Waals surface area contributed by atoms with Gasteiger partial charge in [0.2, 0.25) is 5.76 Å². The highest BCUT2D eigenvalue weighted by atomic mass is 19.1. The second kappa shape index (κ2) is 6.01. The first-order valence-corrected chi connectivity index (χ1v) is 5.83. The third-order valence-corrected chi connectivity index (χ3v) is 2.46. The summed E-state index contributed by atoms with van der Waals surface area (Å²) in [7, 11) is 0. The number of halogens is 1. The Bertz CT molecular complexity index is 622. The van der Waals surface area contributed by atoms with E-state index in [9.17, 15) is 14.0 Å². The van der Waals surface area contributed by atoms with Crippen LogP contribution >= 0.6 is 0 Å². The number of furan rings is 1. The Hall–Kier alpha value is -2.63. The van der Waals surface area contributed by atoms with Crippen molar-refractivity contribution in [2.75, 3.05) is 11.9 Å². The third kappa shape index (κ3) is 3.44. The average molecular weight is 277 g/mol. The Morgan fingerprint density at radius 3 is 2.80 bits per heavy atom. The Kier molecular flexibility index (Phi) is 4.14. The summed E-state index contributed by atoms with van der Waals surface area (Å²) in [6.07, 6.45) is 1.32. The number of carbonyl (C=O) groups is 2. The molecule has 0 radical (unpaired) electrons. The number of esters is 1. The number of anilines is 1. The molecule has 1 N–H and O–H groups in total. The zero-order chi connectivity index (χ0) is 14.5. The van der Waals surface area contributed by atoms with E-state index in [0.29, 0.717) is 0 Å². The van der Waals surface area contributed by atoms with Crippen molar-refractivity contribution >= 4 is 17.6 Å². The van der Waals surface area contributed by atoms with Crippen LogP contribution in [-0.4, -0.2) is 18.5 Å². The van der Waals surface area contributed by atoms with Crippen LogP contribution in [0.25, 0.3) is 0 Å². The number of ether oxygens (including phenoxy) is 1. The third-order valence-electron chi connectivity index (χ3n) is 2.46. The monoisotopic (exact) mass is 277 g/mol. The van der Waals surface area contributed by atoms with Gasteiger partial charge in [0.1, 0.15) is 5.82 Å². The first kappa shape index (κ1) is 13.8. The van der Waals surface area contributed by atoms with Gasteiger partial charge in [0.25, 0.3) is 5.91 Å². The summed E-state index contributed by atoms with van der Waals surface area (Å²) in [5, 5.41) is 2.32. The van der Waals surface area contributed by atoms with Crippen molar-refractivity contribution in [1.82, 2.24) is 0 Å². The summed E-state index contributed by atoms with van der Waals surface area (Å²) >= 11 is 0. The van der Waals surface area contributed by atoms with Gasteiger partial charge >= 0.3 is 5.97 Å². The molecule has 0 aliphatic heterocycles. The van der Waals surface area contributed by atoms with Crippen molar-refractivity contribution in [3.05, 3.63) is 53.7 Å². The molecule has 0 bridgehead atoms. The fraction of sp³-hybridized carbons (Fsp3) is 0.143. The maximum absolute atomic E-state index is 13.5. The molecule has 104 valence electrons. The lowest BCUT2D eigenvalue weighted by Crippen LogP contribution is -2.21. The highest BCUT2D eigenvalue weighted by Crippen LogP contribution is 2.15. The quantitative estimate of drug-likeness (QED) is 0.872. The van der Waals surface area contributed by atoms with Crippen molar-refractivity contribution in [1.29, 1.82) is 0 Å². The standard InChI is InChI=1S/C14H12FNO4/c1-9-4-5-11(10(15)7-9)16-13(17)8-20-14(18)12-3-2-6-19-12/h2-7H,8H2,1H3,(H,16,17). The van der Waals surface area contributed by atoms with Crippen LogP contribution in [0.3, 0.4) is 0 Å². The van der Waals surface area contributed by atoms with Crippen LogP contribution in [0.4, 0.5) is 10.1 Å². The van der Waals surface area contributed by atoms with E-state index < -0.39 is 24.3 Å². The number of hydrogen-bond acceptors (Lipinski definition) is 4. The SMILES string of the molecule is Cc1ccc(NC(=O)COC(=O)c2ccco2)c(F)c1. The first-order chi connectivity index (χ1) is 9.56. The molecule has 0 fully saturated rings. The van der Waals surface area contributed by atoms with Gasteiger partial charge in [-0.15, -0.1) is 0 Å². The summed E-state index contributed by atoms with van der Waals surface area (Å²) < 4.78 is 23.0. The molecule has 1 heterocycles. The van der Waals surface area contributed by atoms with E-state index in [4.69, 9.17) is 9.15 Å². The predicted octanol–water partition coefficient (Wildman–Crippen LogP) is 2.52. The van der Waals surface area contributed by atoms with E-state index in [0.717, 1.165) is 5.56 Å². The molecule has 0 aliphatic carbocycles. The fourth-order valence-electron chi connectivity index (χ4n) is 1.50. The van der Waals surface area contributed by atoms with Crippen molar-refractivity contribution in [3.63, 3.8) is 0 Å². The van der Waals surface area contributed by atoms with Gasteiger partial charge in [0.05, 0.1) is 12.0 Å². The molecule has 2 aromatic rings. The van der Waals surface area contributed by atoms with Crippen LogP contribution in [0.5, 0.6) is 0 Å². The minimum absolute atomic E-state index is 0.000633. The second-order valence-electron chi connectivity index (χ2n) is 4.08. The number of aryl methyl sites for hydroxylation is 1. The van der Waals surface area contributed by atoms with Crippen LogP contribution in [-0.2, 0) is 9.53 Å². The lowest BCUT2D eigenvalue weighted by molar-refractivity contribution is -0.119. The normalized spacial score (nSPS) is 10.1. The molecule has 1 aromatic carbocycles. The molecule has 1 aromatic heterocycles. The predicted molar refractivity (Wildman–Crippen MR) is 68.8 cm³/mol. The largest absolute Gasteiger partial charge is 0.457 e. The number of nitrogens with one attached hydrogen (secondary N) is 1. The van der Waals surface area contributed by atoms with Crippen LogP contribution < -0.4 is 5.32 Å². The van der Waals surface area contributed by atoms with E-state index in [1.54, 1.807) is 13.0 Å². The summed E-state index contributed by atoms with van der Waals surface area (Å²) in [6.45, 7) is 1.21. The van der Waals surface area contributed by atoms with Gasteiger partial charge < -0.3 is 14.5 Å². The van der Waals surface area contributed by atoms with Gasteiger partial charge in [-0.25, -0.2) is 9.18 Å². The van der Waals surface area contributed by atoms with Gasteiger partial charge in [-0.1, -0.05) is 6.07 Å². The fourth-order valence-corrected chi connectivity index (χ4v) is 1.50. The van der Waals surface area contributed by atoms with Crippen LogP contribution in [0, 0.1) is 12.7 Å². The minimum Gasteiger partial charge on any atom is -0.457 e. The number of rotatable bonds is 4. The van der Waals surface area contributed by atoms with Gasteiger partial charge in [-0.05, 0) is 36.8 Å². The Morgan fingerprint density at radius 1 is 1.35 bits per heavy atom. The number of hydrogen-bond donors (Lipinski definition) is 1. The number of benzene rings is 1. The van der Waals surface area contributed by atoms with Gasteiger partial charge in [0.15, 0.2) is 6.61 Å². The van der Waals surface area contributed by atoms with Gasteiger partial charge in [-0.3, -0.25) is 4.79 Å². The maximum atomic E-state index is 13.5. The van der Waals surface area contributed by atoms with Crippen molar-refractivity contribution < 1.29 is 23.1 Å². The summed E-state index contributed by atoms with van der Waals surface area (Å²) in [5.74, 6) is -1.93. The average Bonchev–Trinajstić information content (AvgIpc) is 2.93. The number of carbonyl (C=O) groups excluding carboxylic acids is 2. The van der Waals surface area contributed by atoms with Gasteiger partial charge in [0, 0.05) is 0 Å². The number of amides is 1. The van der Waals surface area contributed by atoms with Crippen molar-refractivity contribution in [2.24, 2.45) is 0 Å². The summed E-state index contributed by atoms with van der Waals surface area (Å²) in [4.78, 5) is 22.9.